The lowest BCUT2D eigenvalue weighted by atomic mass is 9.94. The van der Waals surface area contributed by atoms with Gasteiger partial charge >= 0.3 is 0 Å². The Kier molecular flexibility index (Phi) is 5.94. The maximum atomic E-state index is 8.73. The van der Waals surface area contributed by atoms with Gasteiger partial charge in [0.2, 0.25) is 0 Å². The molecular formula is C16H25N3OS. The number of oxime groups is 1. The van der Waals surface area contributed by atoms with Crippen LogP contribution in [0.25, 0.3) is 0 Å². The highest BCUT2D eigenvalue weighted by Gasteiger charge is 2.23. The fraction of sp³-hybridized carbons (Fsp3) is 0.562. The number of amidine groups is 1. The van der Waals surface area contributed by atoms with Gasteiger partial charge in [-0.2, -0.15) is 11.8 Å². The van der Waals surface area contributed by atoms with Crippen molar-refractivity contribution in [1.82, 2.24) is 5.32 Å². The largest absolute Gasteiger partial charge is 0.409 e. The van der Waals surface area contributed by atoms with Crippen LogP contribution in [0.2, 0.25) is 0 Å². The zero-order valence-electron chi connectivity index (χ0n) is 12.8. The maximum absolute atomic E-state index is 8.73. The van der Waals surface area contributed by atoms with Crippen molar-refractivity contribution in [3.8, 4) is 0 Å². The molecule has 1 aliphatic carbocycles. The van der Waals surface area contributed by atoms with Gasteiger partial charge in [0.05, 0.1) is 0 Å². The SMILES string of the molecule is CSC1CCCCC1NCc1ccc(/C(N)=N/O)cc1C. The van der Waals surface area contributed by atoms with Gasteiger partial charge < -0.3 is 16.3 Å². The second kappa shape index (κ2) is 7.71. The third-order valence-corrected chi connectivity index (χ3v) is 5.48. The van der Waals surface area contributed by atoms with Crippen molar-refractivity contribution in [2.45, 2.75) is 50.4 Å². The van der Waals surface area contributed by atoms with Crippen molar-refractivity contribution in [2.24, 2.45) is 10.9 Å². The van der Waals surface area contributed by atoms with Crippen LogP contribution in [-0.4, -0.2) is 28.6 Å². The molecule has 21 heavy (non-hydrogen) atoms. The first kappa shape index (κ1) is 16.2. The van der Waals surface area contributed by atoms with E-state index < -0.39 is 0 Å². The number of nitrogens with two attached hydrogens (primary N) is 1. The molecule has 0 amide bonds. The maximum Gasteiger partial charge on any atom is 0.170 e. The molecule has 5 heteroatoms. The zero-order chi connectivity index (χ0) is 15.2. The first-order valence-electron chi connectivity index (χ1n) is 7.49. The summed E-state index contributed by atoms with van der Waals surface area (Å²) < 4.78 is 0. The standard InChI is InChI=1S/C16H25N3OS/c1-11-9-12(16(17)19-20)7-8-13(11)10-18-14-5-3-4-6-15(14)21-2/h7-9,14-15,18,20H,3-6,10H2,1-2H3,(H2,17,19). The molecule has 0 spiro atoms. The first-order chi connectivity index (χ1) is 10.2. The minimum atomic E-state index is 0.160. The van der Waals surface area contributed by atoms with Crippen molar-refractivity contribution >= 4 is 17.6 Å². The zero-order valence-corrected chi connectivity index (χ0v) is 13.6. The highest BCUT2D eigenvalue weighted by molar-refractivity contribution is 7.99. The lowest BCUT2D eigenvalue weighted by molar-refractivity contribution is 0.318. The van der Waals surface area contributed by atoms with E-state index >= 15 is 0 Å². The second-order valence-corrected chi connectivity index (χ2v) is 6.75. The molecule has 0 bridgehead atoms. The van der Waals surface area contributed by atoms with E-state index in [9.17, 15) is 0 Å². The molecule has 2 unspecified atom stereocenters. The third kappa shape index (κ3) is 4.14. The molecule has 0 saturated heterocycles. The van der Waals surface area contributed by atoms with Crippen LogP contribution in [0.15, 0.2) is 23.4 Å². The van der Waals surface area contributed by atoms with E-state index in [0.717, 1.165) is 17.4 Å². The number of hydrogen-bond donors (Lipinski definition) is 3. The fourth-order valence-electron chi connectivity index (χ4n) is 2.96. The number of aryl methyl sites for hydroxylation is 1. The normalized spacial score (nSPS) is 23.2. The molecule has 1 aromatic rings. The first-order valence-corrected chi connectivity index (χ1v) is 8.78. The number of benzene rings is 1. The van der Waals surface area contributed by atoms with Crippen LogP contribution in [-0.2, 0) is 6.54 Å². The molecule has 1 aromatic carbocycles. The molecule has 1 aliphatic rings. The summed E-state index contributed by atoms with van der Waals surface area (Å²) in [6.45, 7) is 2.95. The second-order valence-electron chi connectivity index (χ2n) is 5.67. The van der Waals surface area contributed by atoms with E-state index in [4.69, 9.17) is 10.9 Å². The summed E-state index contributed by atoms with van der Waals surface area (Å²) in [5.74, 6) is 0.160. The predicted molar refractivity (Wildman–Crippen MR) is 90.1 cm³/mol. The average molecular weight is 307 g/mol. The molecule has 4 nitrogen and oxygen atoms in total. The summed E-state index contributed by atoms with van der Waals surface area (Å²) in [7, 11) is 0. The van der Waals surface area contributed by atoms with Crippen molar-refractivity contribution in [3.05, 3.63) is 34.9 Å². The Morgan fingerprint density at radius 2 is 2.19 bits per heavy atom. The van der Waals surface area contributed by atoms with Crippen LogP contribution in [0.3, 0.4) is 0 Å². The van der Waals surface area contributed by atoms with Crippen LogP contribution >= 0.6 is 11.8 Å². The van der Waals surface area contributed by atoms with Crippen LogP contribution in [0.1, 0.15) is 42.4 Å². The Bertz CT molecular complexity index is 504. The Balaban J connectivity index is 2.00. The van der Waals surface area contributed by atoms with Crippen LogP contribution in [0, 0.1) is 6.92 Å². The number of thioether (sulfide) groups is 1. The summed E-state index contributed by atoms with van der Waals surface area (Å²) >= 11 is 1.98. The number of nitrogens with one attached hydrogen (secondary N) is 1. The number of hydrogen-bond acceptors (Lipinski definition) is 4. The van der Waals surface area contributed by atoms with E-state index in [1.54, 1.807) is 0 Å². The minimum absolute atomic E-state index is 0.160. The monoisotopic (exact) mass is 307 g/mol. The van der Waals surface area contributed by atoms with Gasteiger partial charge in [0.25, 0.3) is 0 Å². The topological polar surface area (TPSA) is 70.6 Å². The minimum Gasteiger partial charge on any atom is -0.409 e. The quantitative estimate of drug-likeness (QED) is 0.338. The van der Waals surface area contributed by atoms with Crippen LogP contribution in [0.5, 0.6) is 0 Å². The Morgan fingerprint density at radius 1 is 1.43 bits per heavy atom. The highest BCUT2D eigenvalue weighted by Crippen LogP contribution is 2.27. The third-order valence-electron chi connectivity index (χ3n) is 4.31. The van der Waals surface area contributed by atoms with Gasteiger partial charge in [-0.3, -0.25) is 0 Å². The predicted octanol–water partition coefficient (Wildman–Crippen LogP) is 2.85. The van der Waals surface area contributed by atoms with E-state index in [1.807, 2.05) is 23.9 Å². The molecule has 0 aliphatic heterocycles. The van der Waals surface area contributed by atoms with Gasteiger partial charge in [0.15, 0.2) is 5.84 Å². The van der Waals surface area contributed by atoms with Crippen molar-refractivity contribution in [1.29, 1.82) is 0 Å². The molecule has 0 radical (unpaired) electrons. The summed E-state index contributed by atoms with van der Waals surface area (Å²) in [5.41, 5.74) is 8.83. The van der Waals surface area contributed by atoms with Gasteiger partial charge in [-0.25, -0.2) is 0 Å². The van der Waals surface area contributed by atoms with Crippen LogP contribution in [0.4, 0.5) is 0 Å². The van der Waals surface area contributed by atoms with Gasteiger partial charge in [-0.1, -0.05) is 30.1 Å². The lowest BCUT2D eigenvalue weighted by Gasteiger charge is -2.31. The van der Waals surface area contributed by atoms with Gasteiger partial charge in [-0.15, -0.1) is 0 Å². The summed E-state index contributed by atoms with van der Waals surface area (Å²) in [6, 6.07) is 6.55. The molecule has 2 atom stereocenters. The summed E-state index contributed by atoms with van der Waals surface area (Å²) in [4.78, 5) is 0. The Hall–Kier alpha value is -1.20. The molecule has 1 fully saturated rings. The molecule has 0 aromatic heterocycles. The van der Waals surface area contributed by atoms with Crippen molar-refractivity contribution in [3.63, 3.8) is 0 Å². The molecule has 116 valence electrons. The van der Waals surface area contributed by atoms with E-state index in [2.05, 4.69) is 29.7 Å². The van der Waals surface area contributed by atoms with Gasteiger partial charge in [-0.05, 0) is 43.2 Å². The Morgan fingerprint density at radius 3 is 2.86 bits per heavy atom. The average Bonchev–Trinajstić information content (AvgIpc) is 2.53. The fourth-order valence-corrected chi connectivity index (χ4v) is 3.93. The molecular weight excluding hydrogens is 282 g/mol. The van der Waals surface area contributed by atoms with Gasteiger partial charge in [0, 0.05) is 23.4 Å². The Labute approximate surface area is 131 Å². The lowest BCUT2D eigenvalue weighted by Crippen LogP contribution is -2.40. The van der Waals surface area contributed by atoms with Crippen LogP contribution < -0.4 is 11.1 Å². The summed E-state index contributed by atoms with van der Waals surface area (Å²) in [5, 5.41) is 16.2. The van der Waals surface area contributed by atoms with E-state index in [1.165, 1.54) is 36.8 Å². The molecule has 2 rings (SSSR count). The van der Waals surface area contributed by atoms with E-state index in [-0.39, 0.29) is 5.84 Å². The molecule has 4 N–H and O–H groups in total. The number of nitrogens with zero attached hydrogens (tertiary/aromatic N) is 1. The smallest absolute Gasteiger partial charge is 0.170 e. The summed E-state index contributed by atoms with van der Waals surface area (Å²) in [6.07, 6.45) is 7.49. The highest BCUT2D eigenvalue weighted by atomic mass is 32.2. The van der Waals surface area contributed by atoms with Gasteiger partial charge in [0.1, 0.15) is 0 Å². The molecule has 0 heterocycles. The number of rotatable bonds is 5. The van der Waals surface area contributed by atoms with Crippen molar-refractivity contribution < 1.29 is 5.21 Å². The van der Waals surface area contributed by atoms with E-state index in [0.29, 0.717) is 6.04 Å². The molecule has 1 saturated carbocycles. The van der Waals surface area contributed by atoms with Crippen molar-refractivity contribution in [2.75, 3.05) is 6.26 Å².